The van der Waals surface area contributed by atoms with Gasteiger partial charge in [-0.25, -0.2) is 0 Å². The van der Waals surface area contributed by atoms with Gasteiger partial charge in [0.25, 0.3) is 0 Å². The van der Waals surface area contributed by atoms with Crippen LogP contribution in [-0.4, -0.2) is 52.6 Å². The molecule has 0 aromatic carbocycles. The Morgan fingerprint density at radius 3 is 3.11 bits per heavy atom. The second-order valence-electron chi connectivity index (χ2n) is 4.64. The zero-order chi connectivity index (χ0) is 13.0. The summed E-state index contributed by atoms with van der Waals surface area (Å²) in [5.74, 6) is 1.32. The maximum atomic E-state index is 9.88. The van der Waals surface area contributed by atoms with E-state index in [1.54, 1.807) is 6.92 Å². The van der Waals surface area contributed by atoms with Crippen molar-refractivity contribution in [2.75, 3.05) is 26.3 Å². The first-order valence-electron chi connectivity index (χ1n) is 6.50. The molecule has 102 valence electrons. The number of aliphatic hydroxyl groups is 1. The zero-order valence-corrected chi connectivity index (χ0v) is 11.0. The summed E-state index contributed by atoms with van der Waals surface area (Å²) in [5, 5.41) is 13.9. The van der Waals surface area contributed by atoms with Crippen LogP contribution < -0.4 is 0 Å². The minimum Gasteiger partial charge on any atom is -0.389 e. The lowest BCUT2D eigenvalue weighted by Crippen LogP contribution is -2.35. The first-order valence-corrected chi connectivity index (χ1v) is 6.50. The molecule has 0 aliphatic carbocycles. The molecule has 6 heteroatoms. The Bertz CT molecular complexity index is 369. The molecular formula is C12H21N3O3. The lowest BCUT2D eigenvalue weighted by Gasteiger charge is -2.24. The predicted molar refractivity (Wildman–Crippen MR) is 65.1 cm³/mol. The molecule has 0 radical (unpaired) electrons. The van der Waals surface area contributed by atoms with Gasteiger partial charge in [-0.1, -0.05) is 5.16 Å². The molecule has 0 amide bonds. The molecule has 1 fully saturated rings. The first kappa shape index (κ1) is 13.5. The summed E-state index contributed by atoms with van der Waals surface area (Å²) < 4.78 is 10.2. The molecule has 2 atom stereocenters. The van der Waals surface area contributed by atoms with Crippen molar-refractivity contribution in [3.63, 3.8) is 0 Å². The van der Waals surface area contributed by atoms with E-state index in [0.29, 0.717) is 25.6 Å². The van der Waals surface area contributed by atoms with Gasteiger partial charge in [0, 0.05) is 20.1 Å². The first-order chi connectivity index (χ1) is 8.70. The normalized spacial score (nSPS) is 22.5. The summed E-state index contributed by atoms with van der Waals surface area (Å²) in [7, 11) is 0. The average Bonchev–Trinajstić information content (AvgIpc) is 2.95. The fourth-order valence-corrected chi connectivity index (χ4v) is 2.36. The third-order valence-electron chi connectivity index (χ3n) is 3.16. The van der Waals surface area contributed by atoms with E-state index in [2.05, 4.69) is 15.0 Å². The molecule has 0 spiro atoms. The van der Waals surface area contributed by atoms with Crippen molar-refractivity contribution in [3.05, 3.63) is 11.7 Å². The SMILES string of the molecule is CCOC[C@@H](O)CN1CCC[C@H]1c1noc(C)n1. The van der Waals surface area contributed by atoms with E-state index in [9.17, 15) is 5.11 Å². The van der Waals surface area contributed by atoms with E-state index in [-0.39, 0.29) is 6.04 Å². The van der Waals surface area contributed by atoms with Crippen LogP contribution in [-0.2, 0) is 4.74 Å². The molecule has 2 rings (SSSR count). The maximum Gasteiger partial charge on any atom is 0.223 e. The van der Waals surface area contributed by atoms with Crippen molar-refractivity contribution in [1.29, 1.82) is 0 Å². The lowest BCUT2D eigenvalue weighted by molar-refractivity contribution is 0.0179. The van der Waals surface area contributed by atoms with Gasteiger partial charge in [0.2, 0.25) is 5.89 Å². The van der Waals surface area contributed by atoms with E-state index >= 15 is 0 Å². The quantitative estimate of drug-likeness (QED) is 0.814. The summed E-state index contributed by atoms with van der Waals surface area (Å²) >= 11 is 0. The highest BCUT2D eigenvalue weighted by atomic mass is 16.5. The summed E-state index contributed by atoms with van der Waals surface area (Å²) in [5.41, 5.74) is 0. The van der Waals surface area contributed by atoms with E-state index in [1.165, 1.54) is 0 Å². The number of ether oxygens (including phenoxy) is 1. The van der Waals surface area contributed by atoms with Crippen molar-refractivity contribution < 1.29 is 14.4 Å². The molecule has 18 heavy (non-hydrogen) atoms. The number of nitrogens with zero attached hydrogens (tertiary/aromatic N) is 3. The van der Waals surface area contributed by atoms with Crippen LogP contribution >= 0.6 is 0 Å². The van der Waals surface area contributed by atoms with Gasteiger partial charge in [-0.15, -0.1) is 0 Å². The number of likely N-dealkylation sites (tertiary alicyclic amines) is 1. The van der Waals surface area contributed by atoms with Gasteiger partial charge >= 0.3 is 0 Å². The molecule has 1 aliphatic rings. The Balaban J connectivity index is 1.91. The average molecular weight is 255 g/mol. The van der Waals surface area contributed by atoms with Gasteiger partial charge < -0.3 is 14.4 Å². The minimum atomic E-state index is -0.460. The second kappa shape index (κ2) is 6.26. The molecule has 1 saturated heterocycles. The van der Waals surface area contributed by atoms with Crippen molar-refractivity contribution in [3.8, 4) is 0 Å². The third-order valence-corrected chi connectivity index (χ3v) is 3.16. The fraction of sp³-hybridized carbons (Fsp3) is 0.833. The molecule has 0 saturated carbocycles. The van der Waals surface area contributed by atoms with Gasteiger partial charge in [-0.3, -0.25) is 4.90 Å². The molecular weight excluding hydrogens is 234 g/mol. The number of aromatic nitrogens is 2. The van der Waals surface area contributed by atoms with Gasteiger partial charge in [0.05, 0.1) is 18.8 Å². The molecule has 6 nitrogen and oxygen atoms in total. The number of rotatable bonds is 6. The Labute approximate surface area is 107 Å². The number of aliphatic hydroxyl groups excluding tert-OH is 1. The van der Waals surface area contributed by atoms with Crippen molar-refractivity contribution >= 4 is 0 Å². The highest BCUT2D eigenvalue weighted by Crippen LogP contribution is 2.29. The Morgan fingerprint density at radius 1 is 1.61 bits per heavy atom. The Hall–Kier alpha value is -0.980. The number of aryl methyl sites for hydroxylation is 1. The third kappa shape index (κ3) is 3.28. The van der Waals surface area contributed by atoms with Gasteiger partial charge in [0.1, 0.15) is 0 Å². The fourth-order valence-electron chi connectivity index (χ4n) is 2.36. The Kier molecular flexibility index (Phi) is 4.68. The van der Waals surface area contributed by atoms with E-state index in [1.807, 2.05) is 6.92 Å². The molecule has 1 aromatic rings. The van der Waals surface area contributed by atoms with Crippen LogP contribution in [0.25, 0.3) is 0 Å². The van der Waals surface area contributed by atoms with Crippen LogP contribution in [0.15, 0.2) is 4.52 Å². The summed E-state index contributed by atoms with van der Waals surface area (Å²) in [6, 6.07) is 0.165. The largest absolute Gasteiger partial charge is 0.389 e. The molecule has 1 N–H and O–H groups in total. The standard InChI is InChI=1S/C12H21N3O3/c1-3-17-8-10(16)7-15-6-4-5-11(15)12-13-9(2)18-14-12/h10-11,16H,3-8H2,1-2H3/t10-,11-/m0/s1. The van der Waals surface area contributed by atoms with Gasteiger partial charge in [-0.05, 0) is 26.3 Å². The number of β-amino-alcohol motifs (C(OH)–C–C–N with tert-alkyl or cyclic N) is 1. The summed E-state index contributed by atoms with van der Waals surface area (Å²) in [6.07, 6.45) is 1.65. The molecule has 0 bridgehead atoms. The van der Waals surface area contributed by atoms with E-state index in [4.69, 9.17) is 9.26 Å². The van der Waals surface area contributed by atoms with E-state index in [0.717, 1.165) is 25.2 Å². The van der Waals surface area contributed by atoms with Crippen molar-refractivity contribution in [2.45, 2.75) is 38.8 Å². The predicted octanol–water partition coefficient (Wildman–Crippen LogP) is 0.912. The topological polar surface area (TPSA) is 71.6 Å². The van der Waals surface area contributed by atoms with Crippen LogP contribution in [0.4, 0.5) is 0 Å². The minimum absolute atomic E-state index is 0.165. The monoisotopic (exact) mass is 255 g/mol. The van der Waals surface area contributed by atoms with Crippen LogP contribution in [0.3, 0.4) is 0 Å². The number of hydrogen-bond acceptors (Lipinski definition) is 6. The van der Waals surface area contributed by atoms with Gasteiger partial charge in [0.15, 0.2) is 5.82 Å². The highest BCUT2D eigenvalue weighted by molar-refractivity contribution is 4.97. The maximum absolute atomic E-state index is 9.88. The van der Waals surface area contributed by atoms with Crippen molar-refractivity contribution in [2.24, 2.45) is 0 Å². The molecule has 0 unspecified atom stereocenters. The van der Waals surface area contributed by atoms with Crippen LogP contribution in [0.2, 0.25) is 0 Å². The molecule has 1 aromatic heterocycles. The zero-order valence-electron chi connectivity index (χ0n) is 11.0. The molecule has 2 heterocycles. The van der Waals surface area contributed by atoms with E-state index < -0.39 is 6.10 Å². The van der Waals surface area contributed by atoms with Crippen molar-refractivity contribution in [1.82, 2.24) is 15.0 Å². The van der Waals surface area contributed by atoms with Crippen LogP contribution in [0.1, 0.15) is 37.5 Å². The van der Waals surface area contributed by atoms with Gasteiger partial charge in [-0.2, -0.15) is 4.98 Å². The summed E-state index contributed by atoms with van der Waals surface area (Å²) in [4.78, 5) is 6.48. The Morgan fingerprint density at radius 2 is 2.44 bits per heavy atom. The smallest absolute Gasteiger partial charge is 0.223 e. The number of hydrogen-bond donors (Lipinski definition) is 1. The summed E-state index contributed by atoms with van der Waals surface area (Å²) in [6.45, 7) is 6.28. The highest BCUT2D eigenvalue weighted by Gasteiger charge is 2.30. The molecule has 1 aliphatic heterocycles. The van der Waals surface area contributed by atoms with Crippen LogP contribution in [0.5, 0.6) is 0 Å². The van der Waals surface area contributed by atoms with Crippen LogP contribution in [0, 0.1) is 6.92 Å². The lowest BCUT2D eigenvalue weighted by atomic mass is 10.2. The second-order valence-corrected chi connectivity index (χ2v) is 4.64.